The SMILES string of the molecule is O=C(NC1CCN(CC(=O)N2CCN(C3CCC3)CC2)CC1)C1CC2CCC1C2. The molecule has 2 amide bonds. The Hall–Kier alpha value is -1.14. The average Bonchev–Trinajstić information content (AvgIpc) is 3.32. The molecule has 5 rings (SSSR count). The maximum atomic E-state index is 12.7. The third-order valence-corrected chi connectivity index (χ3v) is 8.63. The Bertz CT molecular complexity index is 606. The first kappa shape index (κ1) is 19.8. The van der Waals surface area contributed by atoms with Crippen molar-refractivity contribution >= 4 is 11.8 Å². The Morgan fingerprint density at radius 1 is 0.828 bits per heavy atom. The van der Waals surface area contributed by atoms with Gasteiger partial charge in [-0.3, -0.25) is 19.4 Å². The lowest BCUT2D eigenvalue weighted by Crippen LogP contribution is -2.55. The number of likely N-dealkylation sites (tertiary alicyclic amines) is 1. The van der Waals surface area contributed by atoms with Gasteiger partial charge in [-0.05, 0) is 56.8 Å². The van der Waals surface area contributed by atoms with Crippen molar-refractivity contribution in [2.45, 2.75) is 69.9 Å². The second-order valence-corrected chi connectivity index (χ2v) is 10.3. The van der Waals surface area contributed by atoms with Crippen molar-refractivity contribution in [1.29, 1.82) is 0 Å². The number of rotatable bonds is 5. The largest absolute Gasteiger partial charge is 0.353 e. The van der Waals surface area contributed by atoms with Gasteiger partial charge in [-0.25, -0.2) is 0 Å². The third-order valence-electron chi connectivity index (χ3n) is 8.63. The molecular formula is C23H38N4O2. The molecule has 2 saturated heterocycles. The Morgan fingerprint density at radius 3 is 2.17 bits per heavy atom. The molecule has 3 aliphatic carbocycles. The van der Waals surface area contributed by atoms with Crippen LogP contribution in [0.2, 0.25) is 0 Å². The number of nitrogens with one attached hydrogen (secondary N) is 1. The van der Waals surface area contributed by atoms with Gasteiger partial charge in [0.2, 0.25) is 11.8 Å². The van der Waals surface area contributed by atoms with Crippen LogP contribution in [0.5, 0.6) is 0 Å². The molecule has 5 fully saturated rings. The first-order chi connectivity index (χ1) is 14.2. The molecule has 0 spiro atoms. The summed E-state index contributed by atoms with van der Waals surface area (Å²) in [6, 6.07) is 1.10. The number of carbonyl (C=O) groups is 2. The van der Waals surface area contributed by atoms with Crippen LogP contribution in [-0.4, -0.2) is 84.4 Å². The second-order valence-electron chi connectivity index (χ2n) is 10.3. The lowest BCUT2D eigenvalue weighted by Gasteiger charge is -2.43. The zero-order valence-corrected chi connectivity index (χ0v) is 17.9. The van der Waals surface area contributed by atoms with Crippen molar-refractivity contribution in [3.05, 3.63) is 0 Å². The number of hydrogen-bond donors (Lipinski definition) is 1. The van der Waals surface area contributed by atoms with E-state index in [0.717, 1.165) is 70.5 Å². The quantitative estimate of drug-likeness (QED) is 0.761. The van der Waals surface area contributed by atoms with Gasteiger partial charge in [0.15, 0.2) is 0 Å². The third kappa shape index (κ3) is 4.34. The topological polar surface area (TPSA) is 55.9 Å². The van der Waals surface area contributed by atoms with E-state index in [-0.39, 0.29) is 5.92 Å². The summed E-state index contributed by atoms with van der Waals surface area (Å²) in [6.07, 6.45) is 11.1. The molecule has 6 heteroatoms. The smallest absolute Gasteiger partial charge is 0.236 e. The molecule has 1 N–H and O–H groups in total. The van der Waals surface area contributed by atoms with Crippen LogP contribution in [0.15, 0.2) is 0 Å². The molecule has 0 aromatic carbocycles. The highest BCUT2D eigenvalue weighted by Gasteiger charge is 2.43. The number of piperazine rings is 1. The molecule has 3 saturated carbocycles. The Morgan fingerprint density at radius 2 is 1.59 bits per heavy atom. The molecule has 2 heterocycles. The van der Waals surface area contributed by atoms with E-state index < -0.39 is 0 Å². The Kier molecular flexibility index (Phi) is 5.83. The number of hydrogen-bond acceptors (Lipinski definition) is 4. The first-order valence-corrected chi connectivity index (χ1v) is 12.2. The number of nitrogens with zero attached hydrogens (tertiary/aromatic N) is 3. The first-order valence-electron chi connectivity index (χ1n) is 12.2. The minimum atomic E-state index is 0.284. The lowest BCUT2D eigenvalue weighted by molar-refractivity contribution is -0.135. The van der Waals surface area contributed by atoms with E-state index in [9.17, 15) is 9.59 Å². The van der Waals surface area contributed by atoms with Crippen molar-refractivity contribution < 1.29 is 9.59 Å². The molecule has 2 bridgehead atoms. The van der Waals surface area contributed by atoms with E-state index in [4.69, 9.17) is 0 Å². The summed E-state index contributed by atoms with van der Waals surface area (Å²) in [5, 5.41) is 3.34. The molecule has 162 valence electrons. The van der Waals surface area contributed by atoms with Crippen LogP contribution >= 0.6 is 0 Å². The molecular weight excluding hydrogens is 364 g/mol. The highest BCUT2D eigenvalue weighted by atomic mass is 16.2. The zero-order valence-electron chi connectivity index (χ0n) is 17.9. The molecule has 6 nitrogen and oxygen atoms in total. The Labute approximate surface area is 175 Å². The van der Waals surface area contributed by atoms with Gasteiger partial charge in [-0.1, -0.05) is 12.8 Å². The fourth-order valence-electron chi connectivity index (χ4n) is 6.49. The van der Waals surface area contributed by atoms with Crippen LogP contribution in [0.25, 0.3) is 0 Å². The fourth-order valence-corrected chi connectivity index (χ4v) is 6.49. The van der Waals surface area contributed by atoms with Gasteiger partial charge in [0.05, 0.1) is 6.54 Å². The monoisotopic (exact) mass is 402 g/mol. The van der Waals surface area contributed by atoms with Gasteiger partial charge >= 0.3 is 0 Å². The van der Waals surface area contributed by atoms with Crippen LogP contribution in [0, 0.1) is 17.8 Å². The molecule has 2 aliphatic heterocycles. The van der Waals surface area contributed by atoms with Crippen molar-refractivity contribution in [2.75, 3.05) is 45.8 Å². The van der Waals surface area contributed by atoms with Crippen LogP contribution in [0.4, 0.5) is 0 Å². The van der Waals surface area contributed by atoms with E-state index in [0.29, 0.717) is 30.3 Å². The molecule has 3 unspecified atom stereocenters. The fraction of sp³-hybridized carbons (Fsp3) is 0.913. The molecule has 5 aliphatic rings. The summed E-state index contributed by atoms with van der Waals surface area (Å²) in [6.45, 7) is 6.29. The van der Waals surface area contributed by atoms with Crippen molar-refractivity contribution in [1.82, 2.24) is 20.0 Å². The van der Waals surface area contributed by atoms with Crippen LogP contribution in [0.3, 0.4) is 0 Å². The summed E-state index contributed by atoms with van der Waals surface area (Å²) in [5.74, 6) is 2.37. The minimum Gasteiger partial charge on any atom is -0.353 e. The Balaban J connectivity index is 1.01. The average molecular weight is 403 g/mol. The van der Waals surface area contributed by atoms with E-state index >= 15 is 0 Å². The van der Waals surface area contributed by atoms with E-state index in [2.05, 4.69) is 20.0 Å². The van der Waals surface area contributed by atoms with Crippen molar-refractivity contribution in [3.63, 3.8) is 0 Å². The summed E-state index contributed by atoms with van der Waals surface area (Å²) in [5.41, 5.74) is 0. The maximum Gasteiger partial charge on any atom is 0.236 e. The van der Waals surface area contributed by atoms with Crippen LogP contribution in [-0.2, 0) is 9.59 Å². The van der Waals surface area contributed by atoms with E-state index in [1.54, 1.807) is 0 Å². The highest BCUT2D eigenvalue weighted by molar-refractivity contribution is 5.80. The van der Waals surface area contributed by atoms with Crippen LogP contribution < -0.4 is 5.32 Å². The maximum absolute atomic E-state index is 12.7. The summed E-state index contributed by atoms with van der Waals surface area (Å²) in [7, 11) is 0. The molecule has 0 radical (unpaired) electrons. The van der Waals surface area contributed by atoms with Crippen LogP contribution in [0.1, 0.15) is 57.8 Å². The molecule has 0 aromatic heterocycles. The van der Waals surface area contributed by atoms with Gasteiger partial charge < -0.3 is 10.2 Å². The van der Waals surface area contributed by atoms with Crippen molar-refractivity contribution in [3.8, 4) is 0 Å². The molecule has 3 atom stereocenters. The van der Waals surface area contributed by atoms with Gasteiger partial charge in [0, 0.05) is 57.3 Å². The molecule has 29 heavy (non-hydrogen) atoms. The second kappa shape index (κ2) is 8.54. The van der Waals surface area contributed by atoms with Gasteiger partial charge in [0.1, 0.15) is 0 Å². The van der Waals surface area contributed by atoms with Gasteiger partial charge in [-0.15, -0.1) is 0 Å². The summed E-state index contributed by atoms with van der Waals surface area (Å²) in [4.78, 5) is 32.4. The van der Waals surface area contributed by atoms with Crippen molar-refractivity contribution in [2.24, 2.45) is 17.8 Å². The van der Waals surface area contributed by atoms with Gasteiger partial charge in [-0.2, -0.15) is 0 Å². The predicted molar refractivity (Wildman–Crippen MR) is 112 cm³/mol. The summed E-state index contributed by atoms with van der Waals surface area (Å²) < 4.78 is 0. The molecule has 0 aromatic rings. The zero-order chi connectivity index (χ0) is 19.8. The minimum absolute atomic E-state index is 0.284. The lowest BCUT2D eigenvalue weighted by atomic mass is 9.87. The number of piperidine rings is 1. The van der Waals surface area contributed by atoms with E-state index in [1.807, 2.05) is 0 Å². The number of carbonyl (C=O) groups excluding carboxylic acids is 2. The predicted octanol–water partition coefficient (Wildman–Crippen LogP) is 1.70. The highest BCUT2D eigenvalue weighted by Crippen LogP contribution is 2.48. The normalized spacial score (nSPS) is 34.3. The number of amides is 2. The standard InChI is InChI=1S/C23H38N4O2/c28-22(27-12-10-26(11-13-27)20-2-1-3-20)16-25-8-6-19(7-9-25)24-23(29)21-15-17-4-5-18(21)14-17/h17-21H,1-16H2,(H,24,29). The summed E-state index contributed by atoms with van der Waals surface area (Å²) >= 11 is 0. The van der Waals surface area contributed by atoms with E-state index in [1.165, 1.54) is 38.5 Å². The van der Waals surface area contributed by atoms with Gasteiger partial charge in [0.25, 0.3) is 0 Å². The number of fused-ring (bicyclic) bond motifs is 2.